The lowest BCUT2D eigenvalue weighted by Crippen LogP contribution is -2.25. The SMILES string of the molecule is CC(=O)Nc1cc(NS(=O)(=O)c2ccc3c(c2)CCN3C(C)=O)ccc1F. The van der Waals surface area contributed by atoms with Gasteiger partial charge in [0, 0.05) is 26.1 Å². The third-order valence-electron chi connectivity index (χ3n) is 4.17. The highest BCUT2D eigenvalue weighted by Gasteiger charge is 2.25. The minimum absolute atomic E-state index is 0.0389. The Bertz CT molecular complexity index is 1040. The van der Waals surface area contributed by atoms with Crippen LogP contribution in [0.3, 0.4) is 0 Å². The van der Waals surface area contributed by atoms with E-state index >= 15 is 0 Å². The molecule has 0 atom stereocenters. The third kappa shape index (κ3) is 3.92. The summed E-state index contributed by atoms with van der Waals surface area (Å²) in [5.41, 5.74) is 1.47. The number of nitrogens with zero attached hydrogens (tertiary/aromatic N) is 1. The molecule has 3 rings (SSSR count). The zero-order valence-corrected chi connectivity index (χ0v) is 15.6. The lowest BCUT2D eigenvalue weighted by molar-refractivity contribution is -0.116. The van der Waals surface area contributed by atoms with Crippen molar-refractivity contribution in [3.63, 3.8) is 0 Å². The van der Waals surface area contributed by atoms with Gasteiger partial charge in [-0.3, -0.25) is 14.3 Å². The topological polar surface area (TPSA) is 95.6 Å². The van der Waals surface area contributed by atoms with E-state index in [1.807, 2.05) is 0 Å². The van der Waals surface area contributed by atoms with Gasteiger partial charge in [0.15, 0.2) is 0 Å². The minimum atomic E-state index is -3.92. The van der Waals surface area contributed by atoms with E-state index in [1.165, 1.54) is 38.1 Å². The molecule has 0 unspecified atom stereocenters. The zero-order valence-electron chi connectivity index (χ0n) is 14.7. The van der Waals surface area contributed by atoms with Crippen molar-refractivity contribution in [2.45, 2.75) is 25.2 Å². The number of hydrogen-bond acceptors (Lipinski definition) is 4. The lowest BCUT2D eigenvalue weighted by Gasteiger charge is -2.15. The maximum atomic E-state index is 13.7. The Labute approximate surface area is 156 Å². The van der Waals surface area contributed by atoms with E-state index < -0.39 is 21.7 Å². The van der Waals surface area contributed by atoms with Crippen LogP contribution >= 0.6 is 0 Å². The molecule has 0 saturated carbocycles. The molecule has 2 N–H and O–H groups in total. The van der Waals surface area contributed by atoms with Crippen LogP contribution in [0.2, 0.25) is 0 Å². The van der Waals surface area contributed by atoms with Crippen molar-refractivity contribution in [1.29, 1.82) is 0 Å². The number of halogens is 1. The highest BCUT2D eigenvalue weighted by atomic mass is 32.2. The number of nitrogens with one attached hydrogen (secondary N) is 2. The van der Waals surface area contributed by atoms with Gasteiger partial charge < -0.3 is 10.2 Å². The molecule has 142 valence electrons. The molecule has 0 fully saturated rings. The fraction of sp³-hybridized carbons (Fsp3) is 0.222. The summed E-state index contributed by atoms with van der Waals surface area (Å²) in [5, 5.41) is 2.30. The molecule has 0 saturated heterocycles. The molecule has 0 radical (unpaired) electrons. The molecule has 0 aliphatic carbocycles. The first kappa shape index (κ1) is 18.8. The summed E-state index contributed by atoms with van der Waals surface area (Å²) in [6.45, 7) is 3.20. The van der Waals surface area contributed by atoms with Crippen LogP contribution in [0.5, 0.6) is 0 Å². The Balaban J connectivity index is 1.88. The van der Waals surface area contributed by atoms with Crippen LogP contribution in [-0.2, 0) is 26.0 Å². The lowest BCUT2D eigenvalue weighted by atomic mass is 10.2. The maximum absolute atomic E-state index is 13.7. The molecule has 1 heterocycles. The van der Waals surface area contributed by atoms with Gasteiger partial charge in [0.25, 0.3) is 10.0 Å². The average molecular weight is 391 g/mol. The number of carbonyl (C=O) groups excluding carboxylic acids is 2. The summed E-state index contributed by atoms with van der Waals surface area (Å²) >= 11 is 0. The van der Waals surface area contributed by atoms with E-state index in [0.29, 0.717) is 18.7 Å². The van der Waals surface area contributed by atoms with Gasteiger partial charge in [0.05, 0.1) is 16.3 Å². The standard InChI is InChI=1S/C18H18FN3O4S/c1-11(23)20-17-10-14(3-5-16(17)19)21-27(25,26)15-4-6-18-13(9-15)7-8-22(18)12(2)24/h3-6,9-10,21H,7-8H2,1-2H3,(H,20,23). The van der Waals surface area contributed by atoms with E-state index in [-0.39, 0.29) is 22.2 Å². The second-order valence-corrected chi connectivity index (χ2v) is 7.87. The van der Waals surface area contributed by atoms with E-state index in [0.717, 1.165) is 11.6 Å². The zero-order chi connectivity index (χ0) is 19.8. The molecular formula is C18H18FN3O4S. The number of fused-ring (bicyclic) bond motifs is 1. The van der Waals surface area contributed by atoms with Gasteiger partial charge in [0.2, 0.25) is 11.8 Å². The molecule has 9 heteroatoms. The van der Waals surface area contributed by atoms with Crippen LogP contribution in [0.25, 0.3) is 0 Å². The van der Waals surface area contributed by atoms with Gasteiger partial charge in [-0.15, -0.1) is 0 Å². The predicted octanol–water partition coefficient (Wildman–Crippen LogP) is 2.49. The summed E-state index contributed by atoms with van der Waals surface area (Å²) in [6.07, 6.45) is 0.571. The fourth-order valence-corrected chi connectivity index (χ4v) is 4.06. The monoisotopic (exact) mass is 391 g/mol. The number of benzene rings is 2. The fourth-order valence-electron chi connectivity index (χ4n) is 2.96. The van der Waals surface area contributed by atoms with E-state index in [9.17, 15) is 22.4 Å². The quantitative estimate of drug-likeness (QED) is 0.837. The van der Waals surface area contributed by atoms with Crippen LogP contribution in [0, 0.1) is 5.82 Å². The minimum Gasteiger partial charge on any atom is -0.324 e. The van der Waals surface area contributed by atoms with Crippen LogP contribution in [-0.4, -0.2) is 26.8 Å². The van der Waals surface area contributed by atoms with Crippen molar-refractivity contribution < 1.29 is 22.4 Å². The Morgan fingerprint density at radius 3 is 2.52 bits per heavy atom. The smallest absolute Gasteiger partial charge is 0.261 e. The highest BCUT2D eigenvalue weighted by molar-refractivity contribution is 7.92. The number of carbonyl (C=O) groups is 2. The Hall–Kier alpha value is -2.94. The largest absolute Gasteiger partial charge is 0.324 e. The summed E-state index contributed by atoms with van der Waals surface area (Å²) in [7, 11) is -3.92. The molecule has 1 aliphatic rings. The molecule has 7 nitrogen and oxygen atoms in total. The molecule has 0 bridgehead atoms. The van der Waals surface area contributed by atoms with Gasteiger partial charge in [-0.2, -0.15) is 0 Å². The predicted molar refractivity (Wildman–Crippen MR) is 99.7 cm³/mol. The normalized spacial score (nSPS) is 13.2. The van der Waals surface area contributed by atoms with Crippen LogP contribution < -0.4 is 14.9 Å². The van der Waals surface area contributed by atoms with Crippen molar-refractivity contribution in [1.82, 2.24) is 0 Å². The number of amides is 2. The maximum Gasteiger partial charge on any atom is 0.261 e. The first-order valence-electron chi connectivity index (χ1n) is 8.18. The number of anilines is 3. The average Bonchev–Trinajstić information content (AvgIpc) is 3.00. The second kappa shape index (κ2) is 6.99. The first-order chi connectivity index (χ1) is 12.7. The van der Waals surface area contributed by atoms with Crippen molar-refractivity contribution >= 4 is 38.9 Å². The van der Waals surface area contributed by atoms with Crippen molar-refractivity contribution in [2.24, 2.45) is 0 Å². The summed E-state index contributed by atoms with van der Waals surface area (Å²) in [5.74, 6) is -1.24. The molecule has 0 spiro atoms. The molecule has 2 amide bonds. The van der Waals surface area contributed by atoms with Gasteiger partial charge in [-0.25, -0.2) is 12.8 Å². The first-order valence-corrected chi connectivity index (χ1v) is 9.67. The van der Waals surface area contributed by atoms with E-state index in [2.05, 4.69) is 10.0 Å². The molecular weight excluding hydrogens is 373 g/mol. The number of rotatable bonds is 4. The molecule has 2 aromatic rings. The van der Waals surface area contributed by atoms with Crippen LogP contribution in [0.1, 0.15) is 19.4 Å². The molecule has 2 aromatic carbocycles. The van der Waals surface area contributed by atoms with Gasteiger partial charge in [-0.05, 0) is 48.4 Å². The van der Waals surface area contributed by atoms with Gasteiger partial charge in [0.1, 0.15) is 5.82 Å². The van der Waals surface area contributed by atoms with Crippen LogP contribution in [0.15, 0.2) is 41.3 Å². The number of hydrogen-bond donors (Lipinski definition) is 2. The summed E-state index contributed by atoms with van der Waals surface area (Å²) < 4.78 is 41.4. The number of sulfonamides is 1. The van der Waals surface area contributed by atoms with E-state index in [1.54, 1.807) is 11.0 Å². The van der Waals surface area contributed by atoms with Crippen molar-refractivity contribution in [3.8, 4) is 0 Å². The van der Waals surface area contributed by atoms with Crippen molar-refractivity contribution in [3.05, 3.63) is 47.8 Å². The highest BCUT2D eigenvalue weighted by Crippen LogP contribution is 2.31. The third-order valence-corrected chi connectivity index (χ3v) is 5.55. The second-order valence-electron chi connectivity index (χ2n) is 6.19. The Morgan fingerprint density at radius 2 is 1.85 bits per heavy atom. The molecule has 27 heavy (non-hydrogen) atoms. The van der Waals surface area contributed by atoms with Crippen molar-refractivity contribution in [2.75, 3.05) is 21.5 Å². The Kier molecular flexibility index (Phi) is 4.88. The van der Waals surface area contributed by atoms with Crippen LogP contribution in [0.4, 0.5) is 21.5 Å². The van der Waals surface area contributed by atoms with Gasteiger partial charge >= 0.3 is 0 Å². The Morgan fingerprint density at radius 1 is 1.11 bits per heavy atom. The summed E-state index contributed by atoms with van der Waals surface area (Å²) in [4.78, 5) is 24.4. The van der Waals surface area contributed by atoms with Gasteiger partial charge in [-0.1, -0.05) is 0 Å². The van der Waals surface area contributed by atoms with E-state index in [4.69, 9.17) is 0 Å². The molecule has 1 aliphatic heterocycles. The summed E-state index contributed by atoms with van der Waals surface area (Å²) in [6, 6.07) is 8.09. The molecule has 0 aromatic heterocycles.